The molecule has 0 bridgehead atoms. The predicted molar refractivity (Wildman–Crippen MR) is 71.5 cm³/mol. The standard InChI is InChI=1S/C13H18N2O3S/c16-12-3-5-13(6-4-12)19(17,18)15-9-7-14(8-10-15)11-1-2-11/h3-6,11,16H,1-2,7-10H2. The van der Waals surface area contributed by atoms with E-state index in [1.807, 2.05) is 0 Å². The average molecular weight is 282 g/mol. The number of phenolic OH excluding ortho intramolecular Hbond substituents is 1. The molecule has 0 atom stereocenters. The number of aromatic hydroxyl groups is 1. The van der Waals surface area contributed by atoms with E-state index in [1.54, 1.807) is 0 Å². The molecule has 1 N–H and O–H groups in total. The summed E-state index contributed by atoms with van der Waals surface area (Å²) in [5.74, 6) is 0.0810. The van der Waals surface area contributed by atoms with Gasteiger partial charge in [-0.3, -0.25) is 4.90 Å². The van der Waals surface area contributed by atoms with Crippen LogP contribution < -0.4 is 0 Å². The van der Waals surface area contributed by atoms with Gasteiger partial charge in [-0.1, -0.05) is 0 Å². The number of nitrogens with zero attached hydrogens (tertiary/aromatic N) is 2. The van der Waals surface area contributed by atoms with Gasteiger partial charge in [-0.2, -0.15) is 4.31 Å². The molecule has 1 aliphatic carbocycles. The summed E-state index contributed by atoms with van der Waals surface area (Å²) < 4.78 is 26.4. The van der Waals surface area contributed by atoms with E-state index in [2.05, 4.69) is 4.90 Å². The van der Waals surface area contributed by atoms with Gasteiger partial charge in [-0.05, 0) is 37.1 Å². The van der Waals surface area contributed by atoms with Crippen LogP contribution in [0.5, 0.6) is 5.75 Å². The second-order valence-electron chi connectivity index (χ2n) is 5.17. The Kier molecular flexibility index (Phi) is 3.24. The Morgan fingerprint density at radius 2 is 1.58 bits per heavy atom. The van der Waals surface area contributed by atoms with Gasteiger partial charge in [-0.25, -0.2) is 8.42 Å². The Bertz CT molecular complexity index is 544. The average Bonchev–Trinajstić information content (AvgIpc) is 3.24. The van der Waals surface area contributed by atoms with Gasteiger partial charge in [0.15, 0.2) is 0 Å². The third kappa shape index (κ3) is 2.61. The molecule has 1 aromatic rings. The lowest BCUT2D eigenvalue weighted by atomic mass is 10.3. The van der Waals surface area contributed by atoms with Gasteiger partial charge in [0, 0.05) is 32.2 Å². The van der Waals surface area contributed by atoms with Gasteiger partial charge in [-0.15, -0.1) is 0 Å². The number of phenols is 1. The maximum atomic E-state index is 12.4. The van der Waals surface area contributed by atoms with Crippen LogP contribution in [0.3, 0.4) is 0 Å². The van der Waals surface area contributed by atoms with Crippen molar-refractivity contribution in [3.8, 4) is 5.75 Å². The van der Waals surface area contributed by atoms with Crippen LogP contribution in [0.15, 0.2) is 29.2 Å². The highest BCUT2D eigenvalue weighted by Crippen LogP contribution is 2.28. The summed E-state index contributed by atoms with van der Waals surface area (Å²) in [5.41, 5.74) is 0. The van der Waals surface area contributed by atoms with E-state index in [9.17, 15) is 13.5 Å². The van der Waals surface area contributed by atoms with E-state index >= 15 is 0 Å². The first kappa shape index (κ1) is 12.9. The van der Waals surface area contributed by atoms with Gasteiger partial charge >= 0.3 is 0 Å². The van der Waals surface area contributed by atoms with Crippen LogP contribution in [0.4, 0.5) is 0 Å². The lowest BCUT2D eigenvalue weighted by molar-refractivity contribution is 0.180. The van der Waals surface area contributed by atoms with Crippen molar-refractivity contribution in [3.05, 3.63) is 24.3 Å². The van der Waals surface area contributed by atoms with E-state index in [-0.39, 0.29) is 10.6 Å². The zero-order chi connectivity index (χ0) is 13.5. The molecular formula is C13H18N2O3S. The molecule has 1 aromatic carbocycles. The molecule has 0 amide bonds. The number of piperazine rings is 1. The van der Waals surface area contributed by atoms with Crippen molar-refractivity contribution < 1.29 is 13.5 Å². The number of hydrogen-bond donors (Lipinski definition) is 1. The molecule has 1 saturated carbocycles. The maximum absolute atomic E-state index is 12.4. The molecule has 0 unspecified atom stereocenters. The van der Waals surface area contributed by atoms with E-state index in [0.717, 1.165) is 13.1 Å². The topological polar surface area (TPSA) is 60.9 Å². The van der Waals surface area contributed by atoms with Crippen LogP contribution >= 0.6 is 0 Å². The van der Waals surface area contributed by atoms with Gasteiger partial charge in [0.25, 0.3) is 0 Å². The number of rotatable bonds is 3. The molecule has 1 saturated heterocycles. The van der Waals surface area contributed by atoms with Crippen molar-refractivity contribution in [3.63, 3.8) is 0 Å². The van der Waals surface area contributed by atoms with Crippen LogP contribution in [-0.4, -0.2) is 55.0 Å². The van der Waals surface area contributed by atoms with E-state index in [0.29, 0.717) is 19.1 Å². The quantitative estimate of drug-likeness (QED) is 0.893. The fourth-order valence-corrected chi connectivity index (χ4v) is 3.94. The van der Waals surface area contributed by atoms with Crippen molar-refractivity contribution in [2.75, 3.05) is 26.2 Å². The predicted octanol–water partition coefficient (Wildman–Crippen LogP) is 0.861. The van der Waals surface area contributed by atoms with Crippen LogP contribution in [0.2, 0.25) is 0 Å². The van der Waals surface area contributed by atoms with Crippen molar-refractivity contribution in [1.29, 1.82) is 0 Å². The van der Waals surface area contributed by atoms with Gasteiger partial charge in [0.2, 0.25) is 10.0 Å². The highest BCUT2D eigenvalue weighted by molar-refractivity contribution is 7.89. The highest BCUT2D eigenvalue weighted by Gasteiger charge is 2.34. The summed E-state index contributed by atoms with van der Waals surface area (Å²) >= 11 is 0. The van der Waals surface area contributed by atoms with Crippen molar-refractivity contribution in [2.45, 2.75) is 23.8 Å². The molecule has 1 aliphatic heterocycles. The van der Waals surface area contributed by atoms with Crippen molar-refractivity contribution >= 4 is 10.0 Å². The normalized spacial score (nSPS) is 22.5. The molecule has 19 heavy (non-hydrogen) atoms. The maximum Gasteiger partial charge on any atom is 0.243 e. The molecule has 6 heteroatoms. The summed E-state index contributed by atoms with van der Waals surface area (Å²) in [6, 6.07) is 6.43. The van der Waals surface area contributed by atoms with Gasteiger partial charge < -0.3 is 5.11 Å². The molecular weight excluding hydrogens is 264 g/mol. The second-order valence-corrected chi connectivity index (χ2v) is 7.10. The first-order valence-electron chi connectivity index (χ1n) is 6.60. The Morgan fingerprint density at radius 1 is 1.00 bits per heavy atom. The molecule has 5 nitrogen and oxygen atoms in total. The van der Waals surface area contributed by atoms with Crippen LogP contribution in [-0.2, 0) is 10.0 Å². The van der Waals surface area contributed by atoms with Gasteiger partial charge in [0.05, 0.1) is 4.90 Å². The third-order valence-electron chi connectivity index (χ3n) is 3.81. The van der Waals surface area contributed by atoms with E-state index in [4.69, 9.17) is 0 Å². The lowest BCUT2D eigenvalue weighted by Crippen LogP contribution is -2.49. The second kappa shape index (κ2) is 4.77. The Balaban J connectivity index is 1.72. The third-order valence-corrected chi connectivity index (χ3v) is 5.72. The molecule has 2 fully saturated rings. The molecule has 0 radical (unpaired) electrons. The molecule has 0 aromatic heterocycles. The monoisotopic (exact) mass is 282 g/mol. The lowest BCUT2D eigenvalue weighted by Gasteiger charge is -2.34. The summed E-state index contributed by atoms with van der Waals surface area (Å²) in [4.78, 5) is 2.63. The number of hydrogen-bond acceptors (Lipinski definition) is 4. The van der Waals surface area contributed by atoms with Crippen molar-refractivity contribution in [2.24, 2.45) is 0 Å². The first-order chi connectivity index (χ1) is 9.07. The Labute approximate surface area is 113 Å². The fourth-order valence-electron chi connectivity index (χ4n) is 2.52. The summed E-state index contributed by atoms with van der Waals surface area (Å²) in [5, 5.41) is 9.22. The zero-order valence-electron chi connectivity index (χ0n) is 10.7. The molecule has 2 aliphatic rings. The van der Waals surface area contributed by atoms with Crippen LogP contribution in [0, 0.1) is 0 Å². The summed E-state index contributed by atoms with van der Waals surface area (Å²) in [6.07, 6.45) is 2.51. The van der Waals surface area contributed by atoms with Gasteiger partial charge in [0.1, 0.15) is 5.75 Å². The number of sulfonamides is 1. The summed E-state index contributed by atoms with van der Waals surface area (Å²) in [6.45, 7) is 2.75. The smallest absolute Gasteiger partial charge is 0.243 e. The summed E-state index contributed by atoms with van der Waals surface area (Å²) in [7, 11) is -3.41. The minimum Gasteiger partial charge on any atom is -0.508 e. The van der Waals surface area contributed by atoms with E-state index < -0.39 is 10.0 Å². The Hall–Kier alpha value is -1.11. The van der Waals surface area contributed by atoms with E-state index in [1.165, 1.54) is 41.4 Å². The molecule has 1 heterocycles. The molecule has 104 valence electrons. The first-order valence-corrected chi connectivity index (χ1v) is 8.04. The van der Waals surface area contributed by atoms with Crippen LogP contribution in [0.25, 0.3) is 0 Å². The minimum atomic E-state index is -3.41. The SMILES string of the molecule is O=S(=O)(c1ccc(O)cc1)N1CCN(C2CC2)CC1. The number of benzene rings is 1. The Morgan fingerprint density at radius 3 is 2.11 bits per heavy atom. The fraction of sp³-hybridized carbons (Fsp3) is 0.538. The van der Waals surface area contributed by atoms with Crippen LogP contribution in [0.1, 0.15) is 12.8 Å². The zero-order valence-corrected chi connectivity index (χ0v) is 11.5. The van der Waals surface area contributed by atoms with Crippen molar-refractivity contribution in [1.82, 2.24) is 9.21 Å². The minimum absolute atomic E-state index is 0.0810. The highest BCUT2D eigenvalue weighted by atomic mass is 32.2. The largest absolute Gasteiger partial charge is 0.508 e. The molecule has 3 rings (SSSR count). The molecule has 0 spiro atoms.